The molecule has 1 amide bonds. The molecule has 0 bridgehead atoms. The van der Waals surface area contributed by atoms with Crippen molar-refractivity contribution in [3.05, 3.63) is 51.9 Å². The minimum absolute atomic E-state index is 0.0158. The van der Waals surface area contributed by atoms with Crippen molar-refractivity contribution in [2.75, 3.05) is 4.90 Å². The van der Waals surface area contributed by atoms with Crippen LogP contribution < -0.4 is 10.6 Å². The Morgan fingerprint density at radius 2 is 2.10 bits per heavy atom. The zero-order chi connectivity index (χ0) is 14.4. The summed E-state index contributed by atoms with van der Waals surface area (Å²) in [6.07, 6.45) is 0. The molecule has 0 fully saturated rings. The highest BCUT2D eigenvalue weighted by atomic mass is 79.9. The van der Waals surface area contributed by atoms with Crippen LogP contribution in [0.25, 0.3) is 0 Å². The van der Waals surface area contributed by atoms with Crippen LogP contribution in [0.5, 0.6) is 0 Å². The number of amides is 1. The van der Waals surface area contributed by atoms with Crippen LogP contribution in [0.4, 0.5) is 14.5 Å². The Morgan fingerprint density at radius 3 is 2.75 bits per heavy atom. The number of nitrogens with two attached hydrogens (primary N) is 1. The first-order valence-corrected chi connectivity index (χ1v) is 6.57. The smallest absolute Gasteiger partial charge is 0.249 e. The molecule has 20 heavy (non-hydrogen) atoms. The molecule has 0 saturated carbocycles. The van der Waals surface area contributed by atoms with Crippen LogP contribution in [-0.4, -0.2) is 5.91 Å². The Kier molecular flexibility index (Phi) is 3.10. The highest BCUT2D eigenvalue weighted by Gasteiger charge is 2.38. The molecule has 104 valence electrons. The number of furan rings is 1. The number of anilines is 1. The van der Waals surface area contributed by atoms with Crippen LogP contribution in [0.1, 0.15) is 17.4 Å². The first-order chi connectivity index (χ1) is 9.47. The third-order valence-electron chi connectivity index (χ3n) is 3.15. The Hall–Kier alpha value is -1.73. The molecule has 1 unspecified atom stereocenters. The SMILES string of the molecule is NC1C(=O)N(Cc2ccc(Br)o2)c2cc(F)cc(F)c21. The average Bonchev–Trinajstić information content (AvgIpc) is 2.87. The van der Waals surface area contributed by atoms with Gasteiger partial charge in [0.15, 0.2) is 4.67 Å². The summed E-state index contributed by atoms with van der Waals surface area (Å²) in [7, 11) is 0. The first-order valence-electron chi connectivity index (χ1n) is 5.77. The fourth-order valence-corrected chi connectivity index (χ4v) is 2.61. The van der Waals surface area contributed by atoms with Crippen molar-refractivity contribution in [1.29, 1.82) is 0 Å². The molecule has 3 rings (SSSR count). The van der Waals surface area contributed by atoms with E-state index in [0.29, 0.717) is 10.4 Å². The fourth-order valence-electron chi connectivity index (χ4n) is 2.27. The van der Waals surface area contributed by atoms with Gasteiger partial charge in [-0.15, -0.1) is 0 Å². The van der Waals surface area contributed by atoms with E-state index in [9.17, 15) is 13.6 Å². The van der Waals surface area contributed by atoms with Gasteiger partial charge in [0.2, 0.25) is 5.91 Å². The molecule has 1 aromatic heterocycles. The van der Waals surface area contributed by atoms with Crippen molar-refractivity contribution in [3.8, 4) is 0 Å². The van der Waals surface area contributed by atoms with Crippen LogP contribution in [0.3, 0.4) is 0 Å². The minimum atomic E-state index is -1.12. The van der Waals surface area contributed by atoms with E-state index in [1.165, 1.54) is 4.90 Å². The molecule has 0 saturated heterocycles. The van der Waals surface area contributed by atoms with Crippen molar-refractivity contribution in [1.82, 2.24) is 0 Å². The Labute approximate surface area is 121 Å². The summed E-state index contributed by atoms with van der Waals surface area (Å²) < 4.78 is 32.9. The van der Waals surface area contributed by atoms with Crippen molar-refractivity contribution in [3.63, 3.8) is 0 Å². The van der Waals surface area contributed by atoms with Gasteiger partial charge in [-0.3, -0.25) is 4.79 Å². The van der Waals surface area contributed by atoms with Gasteiger partial charge in [-0.1, -0.05) is 0 Å². The normalized spacial score (nSPS) is 17.7. The predicted molar refractivity (Wildman–Crippen MR) is 70.9 cm³/mol. The lowest BCUT2D eigenvalue weighted by atomic mass is 10.1. The van der Waals surface area contributed by atoms with E-state index < -0.39 is 23.6 Å². The Balaban J connectivity index is 2.03. The second-order valence-corrected chi connectivity index (χ2v) is 5.21. The quantitative estimate of drug-likeness (QED) is 0.912. The molecule has 2 N–H and O–H groups in total. The number of fused-ring (bicyclic) bond motifs is 1. The predicted octanol–water partition coefficient (Wildman–Crippen LogP) is 2.87. The molecule has 1 aromatic carbocycles. The molecule has 4 nitrogen and oxygen atoms in total. The summed E-state index contributed by atoms with van der Waals surface area (Å²) in [6.45, 7) is 0.0635. The minimum Gasteiger partial charge on any atom is -0.452 e. The summed E-state index contributed by atoms with van der Waals surface area (Å²) in [5.74, 6) is -1.58. The van der Waals surface area contributed by atoms with Crippen molar-refractivity contribution >= 4 is 27.5 Å². The molecule has 0 radical (unpaired) electrons. The maximum absolute atomic E-state index is 13.8. The van der Waals surface area contributed by atoms with E-state index in [1.54, 1.807) is 12.1 Å². The van der Waals surface area contributed by atoms with E-state index in [-0.39, 0.29) is 17.8 Å². The molecule has 1 atom stereocenters. The van der Waals surface area contributed by atoms with Gasteiger partial charge in [0, 0.05) is 11.6 Å². The third-order valence-corrected chi connectivity index (χ3v) is 3.58. The van der Waals surface area contributed by atoms with E-state index in [4.69, 9.17) is 10.2 Å². The van der Waals surface area contributed by atoms with E-state index in [2.05, 4.69) is 15.9 Å². The Bertz CT molecular complexity index is 702. The maximum Gasteiger partial charge on any atom is 0.249 e. The molecular weight excluding hydrogens is 334 g/mol. The Morgan fingerprint density at radius 1 is 1.35 bits per heavy atom. The molecular formula is C13H9BrF2N2O2. The summed E-state index contributed by atoms with van der Waals surface area (Å²) in [4.78, 5) is 13.3. The molecule has 0 aliphatic carbocycles. The topological polar surface area (TPSA) is 59.5 Å². The zero-order valence-electron chi connectivity index (χ0n) is 10.1. The number of carbonyl (C=O) groups is 1. The molecule has 7 heteroatoms. The van der Waals surface area contributed by atoms with Gasteiger partial charge >= 0.3 is 0 Å². The number of carbonyl (C=O) groups excluding carboxylic acids is 1. The number of nitrogens with zero attached hydrogens (tertiary/aromatic N) is 1. The first kappa shape index (κ1) is 13.3. The average molecular weight is 343 g/mol. The summed E-state index contributed by atoms with van der Waals surface area (Å²) >= 11 is 3.15. The number of rotatable bonds is 2. The number of hydrogen-bond donors (Lipinski definition) is 1. The van der Waals surface area contributed by atoms with Gasteiger partial charge in [-0.2, -0.15) is 0 Å². The van der Waals surface area contributed by atoms with Crippen molar-refractivity contribution in [2.24, 2.45) is 5.73 Å². The number of benzene rings is 1. The van der Waals surface area contributed by atoms with Crippen molar-refractivity contribution in [2.45, 2.75) is 12.6 Å². The highest BCUT2D eigenvalue weighted by Crippen LogP contribution is 2.38. The zero-order valence-corrected chi connectivity index (χ0v) is 11.7. The van der Waals surface area contributed by atoms with Crippen molar-refractivity contribution < 1.29 is 18.0 Å². The lowest BCUT2D eigenvalue weighted by Gasteiger charge is -2.16. The van der Waals surface area contributed by atoms with Crippen LogP contribution in [0, 0.1) is 11.6 Å². The lowest BCUT2D eigenvalue weighted by Crippen LogP contribution is -2.31. The van der Waals surface area contributed by atoms with Crippen LogP contribution >= 0.6 is 15.9 Å². The number of halogens is 3. The van der Waals surface area contributed by atoms with E-state index in [0.717, 1.165) is 12.1 Å². The highest BCUT2D eigenvalue weighted by molar-refractivity contribution is 9.10. The molecule has 2 aromatic rings. The van der Waals surface area contributed by atoms with Crippen LogP contribution in [0.2, 0.25) is 0 Å². The lowest BCUT2D eigenvalue weighted by molar-refractivity contribution is -0.119. The fraction of sp³-hybridized carbons (Fsp3) is 0.154. The van der Waals surface area contributed by atoms with Gasteiger partial charge in [0.05, 0.1) is 12.2 Å². The van der Waals surface area contributed by atoms with Crippen LogP contribution in [-0.2, 0) is 11.3 Å². The van der Waals surface area contributed by atoms with Gasteiger partial charge < -0.3 is 15.1 Å². The second kappa shape index (κ2) is 4.68. The molecule has 2 heterocycles. The second-order valence-electron chi connectivity index (χ2n) is 4.43. The summed E-state index contributed by atoms with van der Waals surface area (Å²) in [6, 6.07) is 4.03. The largest absolute Gasteiger partial charge is 0.452 e. The summed E-state index contributed by atoms with van der Waals surface area (Å²) in [5.41, 5.74) is 5.86. The molecule has 1 aliphatic rings. The summed E-state index contributed by atoms with van der Waals surface area (Å²) in [5, 5.41) is 0. The van der Waals surface area contributed by atoms with E-state index in [1.807, 2.05) is 0 Å². The van der Waals surface area contributed by atoms with Crippen LogP contribution in [0.15, 0.2) is 33.4 Å². The molecule has 0 spiro atoms. The standard InChI is InChI=1S/C13H9BrF2N2O2/c14-10-2-1-7(20-10)5-18-9-4-6(15)3-8(16)11(9)12(17)13(18)19/h1-4,12H,5,17H2. The van der Waals surface area contributed by atoms with E-state index >= 15 is 0 Å². The molecule has 1 aliphatic heterocycles. The monoisotopic (exact) mass is 342 g/mol. The number of hydrogen-bond acceptors (Lipinski definition) is 3. The third kappa shape index (κ3) is 2.03. The van der Waals surface area contributed by atoms with Gasteiger partial charge in [-0.05, 0) is 34.1 Å². The van der Waals surface area contributed by atoms with Gasteiger partial charge in [-0.25, -0.2) is 8.78 Å². The van der Waals surface area contributed by atoms with Gasteiger partial charge in [0.25, 0.3) is 0 Å². The van der Waals surface area contributed by atoms with Gasteiger partial charge in [0.1, 0.15) is 23.4 Å². The maximum atomic E-state index is 13.8.